The number of thiophene rings is 1. The van der Waals surface area contributed by atoms with Crippen molar-refractivity contribution in [2.75, 3.05) is 0 Å². The summed E-state index contributed by atoms with van der Waals surface area (Å²) in [5.41, 5.74) is 0. The molecule has 0 radical (unpaired) electrons. The van der Waals surface area contributed by atoms with Gasteiger partial charge in [-0.1, -0.05) is 32.1 Å². The van der Waals surface area contributed by atoms with Gasteiger partial charge in [-0.05, 0) is 37.8 Å². The van der Waals surface area contributed by atoms with E-state index < -0.39 is 10.0 Å². The normalized spacial score (nSPS) is 20.3. The van der Waals surface area contributed by atoms with E-state index in [0.717, 1.165) is 49.3 Å². The predicted molar refractivity (Wildman–Crippen MR) is 98.2 cm³/mol. The number of nitrogens with zero attached hydrogens (tertiary/aromatic N) is 1. The van der Waals surface area contributed by atoms with Gasteiger partial charge in [-0.3, -0.25) is 0 Å². The molecule has 7 heteroatoms. The molecular weight excluding hydrogens is 356 g/mol. The van der Waals surface area contributed by atoms with Crippen LogP contribution >= 0.6 is 11.3 Å². The zero-order chi connectivity index (χ0) is 17.3. The zero-order valence-corrected chi connectivity index (χ0v) is 15.9. The summed E-state index contributed by atoms with van der Waals surface area (Å²) in [4.78, 5) is 5.18. The van der Waals surface area contributed by atoms with Gasteiger partial charge in [-0.2, -0.15) is 0 Å². The van der Waals surface area contributed by atoms with E-state index in [9.17, 15) is 8.42 Å². The lowest BCUT2D eigenvalue weighted by Gasteiger charge is -2.21. The second kappa shape index (κ2) is 7.21. The molecule has 0 amide bonds. The van der Waals surface area contributed by atoms with Gasteiger partial charge >= 0.3 is 0 Å². The van der Waals surface area contributed by atoms with Crippen LogP contribution in [0.25, 0.3) is 10.6 Å². The molecule has 0 bridgehead atoms. The molecule has 0 aromatic carbocycles. The van der Waals surface area contributed by atoms with Crippen LogP contribution in [0.5, 0.6) is 0 Å². The largest absolute Gasteiger partial charge is 0.440 e. The number of rotatable bonds is 5. The lowest BCUT2D eigenvalue weighted by Crippen LogP contribution is -2.33. The summed E-state index contributed by atoms with van der Waals surface area (Å²) in [5.74, 6) is 1.90. The first-order chi connectivity index (χ1) is 12.1. The average Bonchev–Trinajstić information content (AvgIpc) is 3.12. The zero-order valence-electron chi connectivity index (χ0n) is 14.2. The third-order valence-electron chi connectivity index (χ3n) is 5.24. The number of sulfonamides is 1. The van der Waals surface area contributed by atoms with Crippen molar-refractivity contribution in [2.24, 2.45) is 0 Å². The fourth-order valence-electron chi connectivity index (χ4n) is 3.52. The lowest BCUT2D eigenvalue weighted by molar-refractivity contribution is 0.338. The first-order valence-corrected chi connectivity index (χ1v) is 11.5. The standard InChI is InChI=1S/C18H24N2O3S2/c21-25(22,20-14-8-3-1-2-4-9-14)17-11-10-16(24-17)15-12-19-18(23-15)13-6-5-7-13/h10-14,20H,1-9H2. The van der Waals surface area contributed by atoms with Gasteiger partial charge in [0.05, 0.1) is 11.1 Å². The molecule has 2 aromatic heterocycles. The quantitative estimate of drug-likeness (QED) is 0.765. The number of hydrogen-bond donors (Lipinski definition) is 1. The first-order valence-electron chi connectivity index (χ1n) is 9.20. The van der Waals surface area contributed by atoms with Crippen LogP contribution in [0.15, 0.2) is 27.0 Å². The van der Waals surface area contributed by atoms with E-state index in [0.29, 0.717) is 15.9 Å². The van der Waals surface area contributed by atoms with Crippen molar-refractivity contribution in [3.63, 3.8) is 0 Å². The SMILES string of the molecule is O=S(=O)(NC1CCCCCC1)c1ccc(-c2cnc(C3CCC3)o2)s1. The van der Waals surface area contributed by atoms with Crippen molar-refractivity contribution >= 4 is 21.4 Å². The Hall–Kier alpha value is -1.18. The van der Waals surface area contributed by atoms with Crippen molar-refractivity contribution < 1.29 is 12.8 Å². The van der Waals surface area contributed by atoms with E-state index in [2.05, 4.69) is 9.71 Å². The summed E-state index contributed by atoms with van der Waals surface area (Å²) in [7, 11) is -3.46. The summed E-state index contributed by atoms with van der Waals surface area (Å²) in [6, 6.07) is 3.55. The van der Waals surface area contributed by atoms with Gasteiger partial charge < -0.3 is 4.42 Å². The van der Waals surface area contributed by atoms with E-state index in [1.165, 1.54) is 30.6 Å². The number of aromatic nitrogens is 1. The maximum atomic E-state index is 12.7. The molecule has 0 aliphatic heterocycles. The topological polar surface area (TPSA) is 72.2 Å². The fourth-order valence-corrected chi connectivity index (χ4v) is 6.09. The van der Waals surface area contributed by atoms with Crippen molar-refractivity contribution in [1.29, 1.82) is 0 Å². The summed E-state index contributed by atoms with van der Waals surface area (Å²) in [6.45, 7) is 0. The Morgan fingerprint density at radius 3 is 2.48 bits per heavy atom. The van der Waals surface area contributed by atoms with Crippen LogP contribution in [-0.4, -0.2) is 19.4 Å². The molecule has 2 aliphatic rings. The molecule has 2 aromatic rings. The highest BCUT2D eigenvalue weighted by Crippen LogP contribution is 2.38. The Balaban J connectivity index is 1.48. The third kappa shape index (κ3) is 3.83. The second-order valence-electron chi connectivity index (χ2n) is 7.12. The van der Waals surface area contributed by atoms with Crippen LogP contribution in [0.2, 0.25) is 0 Å². The van der Waals surface area contributed by atoms with Gasteiger partial charge in [0.15, 0.2) is 11.7 Å². The Morgan fingerprint density at radius 2 is 1.80 bits per heavy atom. The highest BCUT2D eigenvalue weighted by molar-refractivity contribution is 7.91. The molecule has 0 spiro atoms. The number of nitrogens with one attached hydrogen (secondary N) is 1. The Bertz CT molecular complexity index is 813. The monoisotopic (exact) mass is 380 g/mol. The van der Waals surface area contributed by atoms with Gasteiger partial charge in [0, 0.05) is 12.0 Å². The van der Waals surface area contributed by atoms with Crippen molar-refractivity contribution in [2.45, 2.75) is 74.0 Å². The lowest BCUT2D eigenvalue weighted by atomic mass is 9.85. The van der Waals surface area contributed by atoms with Crippen molar-refractivity contribution in [3.05, 3.63) is 24.2 Å². The van der Waals surface area contributed by atoms with E-state index >= 15 is 0 Å². The van der Waals surface area contributed by atoms with Gasteiger partial charge in [0.1, 0.15) is 4.21 Å². The molecule has 2 saturated carbocycles. The van der Waals surface area contributed by atoms with Gasteiger partial charge in [0.2, 0.25) is 10.0 Å². The van der Waals surface area contributed by atoms with Gasteiger partial charge in [-0.25, -0.2) is 18.1 Å². The van der Waals surface area contributed by atoms with Crippen molar-refractivity contribution in [1.82, 2.24) is 9.71 Å². The minimum atomic E-state index is -3.46. The van der Waals surface area contributed by atoms with Crippen LogP contribution in [-0.2, 0) is 10.0 Å². The van der Waals surface area contributed by atoms with Crippen molar-refractivity contribution in [3.8, 4) is 10.6 Å². The van der Waals surface area contributed by atoms with Crippen LogP contribution in [0.3, 0.4) is 0 Å². The van der Waals surface area contributed by atoms with E-state index in [1.807, 2.05) is 6.07 Å². The van der Waals surface area contributed by atoms with Crippen LogP contribution in [0, 0.1) is 0 Å². The van der Waals surface area contributed by atoms with E-state index in [4.69, 9.17) is 4.42 Å². The maximum absolute atomic E-state index is 12.7. The molecule has 0 unspecified atom stereocenters. The molecule has 2 heterocycles. The molecule has 0 saturated heterocycles. The fraction of sp³-hybridized carbons (Fsp3) is 0.611. The molecule has 4 rings (SSSR count). The molecule has 2 fully saturated rings. The van der Waals surface area contributed by atoms with Gasteiger partial charge in [-0.15, -0.1) is 11.3 Å². The number of hydrogen-bond acceptors (Lipinski definition) is 5. The predicted octanol–water partition coefficient (Wildman–Crippen LogP) is 4.67. The Kier molecular flexibility index (Phi) is 4.97. The third-order valence-corrected chi connectivity index (χ3v) is 8.36. The molecular formula is C18H24N2O3S2. The number of oxazole rings is 1. The maximum Gasteiger partial charge on any atom is 0.250 e. The van der Waals surface area contributed by atoms with Crippen LogP contribution in [0.1, 0.15) is 69.6 Å². The summed E-state index contributed by atoms with van der Waals surface area (Å²) in [5, 5.41) is 0. The van der Waals surface area contributed by atoms with Crippen LogP contribution < -0.4 is 4.72 Å². The highest BCUT2D eigenvalue weighted by Gasteiger charge is 2.26. The average molecular weight is 381 g/mol. The van der Waals surface area contributed by atoms with E-state index in [-0.39, 0.29) is 6.04 Å². The molecule has 5 nitrogen and oxygen atoms in total. The smallest absolute Gasteiger partial charge is 0.250 e. The first kappa shape index (κ1) is 17.2. The Labute approximate surface area is 152 Å². The second-order valence-corrected chi connectivity index (χ2v) is 10.1. The minimum absolute atomic E-state index is 0.0635. The van der Waals surface area contributed by atoms with Crippen LogP contribution in [0.4, 0.5) is 0 Å². The summed E-state index contributed by atoms with van der Waals surface area (Å²) < 4.78 is 34.5. The summed E-state index contributed by atoms with van der Waals surface area (Å²) >= 11 is 1.25. The molecule has 136 valence electrons. The Morgan fingerprint density at radius 1 is 1.04 bits per heavy atom. The minimum Gasteiger partial charge on any atom is -0.440 e. The molecule has 1 N–H and O–H groups in total. The molecule has 25 heavy (non-hydrogen) atoms. The molecule has 2 aliphatic carbocycles. The molecule has 0 atom stereocenters. The van der Waals surface area contributed by atoms with E-state index in [1.54, 1.807) is 12.3 Å². The summed E-state index contributed by atoms with van der Waals surface area (Å²) in [6.07, 6.45) is 11.7. The highest BCUT2D eigenvalue weighted by atomic mass is 32.2. The van der Waals surface area contributed by atoms with Gasteiger partial charge in [0.25, 0.3) is 0 Å².